The van der Waals surface area contributed by atoms with Gasteiger partial charge in [0.2, 0.25) is 0 Å². The highest BCUT2D eigenvalue weighted by Gasteiger charge is 2.43. The highest BCUT2D eigenvalue weighted by molar-refractivity contribution is 5.96. The minimum atomic E-state index is -4.41. The number of benzene rings is 1. The number of fused-ring (bicyclic) bond motifs is 1. The molecule has 0 spiro atoms. The maximum Gasteiger partial charge on any atom is 0.405 e. The van der Waals surface area contributed by atoms with E-state index in [-0.39, 0.29) is 5.76 Å². The highest BCUT2D eigenvalue weighted by Crippen LogP contribution is 2.25. The van der Waals surface area contributed by atoms with Gasteiger partial charge in [-0.25, -0.2) is 0 Å². The Kier molecular flexibility index (Phi) is 5.01. The number of alkyl halides is 3. The molecule has 136 valence electrons. The van der Waals surface area contributed by atoms with Crippen LogP contribution in [0.3, 0.4) is 0 Å². The molecule has 1 atom stereocenters. The van der Waals surface area contributed by atoms with Gasteiger partial charge in [0.25, 0.3) is 5.91 Å². The van der Waals surface area contributed by atoms with Gasteiger partial charge in [-0.1, -0.05) is 11.6 Å². The fourth-order valence-corrected chi connectivity index (χ4v) is 3.00. The Morgan fingerprint density at radius 1 is 1.32 bits per heavy atom. The van der Waals surface area contributed by atoms with Gasteiger partial charge in [0.05, 0.1) is 0 Å². The van der Waals surface area contributed by atoms with Crippen LogP contribution in [0.5, 0.6) is 0 Å². The van der Waals surface area contributed by atoms with Crippen LogP contribution in [0.25, 0.3) is 11.0 Å². The van der Waals surface area contributed by atoms with Gasteiger partial charge in [-0.3, -0.25) is 9.69 Å². The predicted octanol–water partition coefficient (Wildman–Crippen LogP) is 2.31. The normalized spacial score (nSPS) is 17.6. The van der Waals surface area contributed by atoms with Crippen molar-refractivity contribution in [2.45, 2.75) is 19.1 Å². The molecule has 2 aromatic rings. The average molecular weight is 355 g/mol. The van der Waals surface area contributed by atoms with Crippen LogP contribution >= 0.6 is 0 Å². The number of hydrogen-bond acceptors (Lipinski definition) is 4. The molecule has 3 rings (SSSR count). The Balaban J connectivity index is 1.69. The number of nitrogens with one attached hydrogen (secondary N) is 2. The molecule has 1 amide bonds. The lowest BCUT2D eigenvalue weighted by Gasteiger charge is -2.35. The van der Waals surface area contributed by atoms with Gasteiger partial charge in [-0.05, 0) is 25.1 Å². The zero-order valence-corrected chi connectivity index (χ0v) is 13.8. The fraction of sp³-hybridized carbons (Fsp3) is 0.471. The second kappa shape index (κ2) is 7.05. The second-order valence-corrected chi connectivity index (χ2v) is 6.21. The van der Waals surface area contributed by atoms with Gasteiger partial charge in [-0.2, -0.15) is 13.2 Å². The Labute approximate surface area is 143 Å². The highest BCUT2D eigenvalue weighted by atomic mass is 19.4. The Morgan fingerprint density at radius 2 is 2.04 bits per heavy atom. The minimum Gasteiger partial charge on any atom is -0.451 e. The van der Waals surface area contributed by atoms with Crippen LogP contribution in [0.15, 0.2) is 28.7 Å². The van der Waals surface area contributed by atoms with Crippen molar-refractivity contribution in [1.82, 2.24) is 15.5 Å². The van der Waals surface area contributed by atoms with Crippen molar-refractivity contribution in [1.29, 1.82) is 0 Å². The number of amides is 1. The van der Waals surface area contributed by atoms with Crippen LogP contribution < -0.4 is 10.6 Å². The molecule has 8 heteroatoms. The number of piperazine rings is 1. The molecular formula is C17H20F3N3O2. The molecule has 1 aliphatic rings. The number of carbonyl (C=O) groups is 1. The summed E-state index contributed by atoms with van der Waals surface area (Å²) in [6.45, 7) is 3.01. The van der Waals surface area contributed by atoms with Crippen molar-refractivity contribution in [2.75, 3.05) is 32.7 Å². The van der Waals surface area contributed by atoms with E-state index in [1.54, 1.807) is 12.1 Å². The summed E-state index contributed by atoms with van der Waals surface area (Å²) in [5.74, 6) is -0.625. The van der Waals surface area contributed by atoms with Crippen molar-refractivity contribution in [3.05, 3.63) is 35.6 Å². The van der Waals surface area contributed by atoms with Gasteiger partial charge in [-0.15, -0.1) is 0 Å². The van der Waals surface area contributed by atoms with Crippen molar-refractivity contribution in [3.8, 4) is 0 Å². The Morgan fingerprint density at radius 3 is 2.72 bits per heavy atom. The first-order valence-electron chi connectivity index (χ1n) is 8.14. The summed E-state index contributed by atoms with van der Waals surface area (Å²) in [5.41, 5.74) is 1.54. The molecule has 2 N–H and O–H groups in total. The van der Waals surface area contributed by atoms with Gasteiger partial charge in [0, 0.05) is 38.1 Å². The van der Waals surface area contributed by atoms with Crippen molar-refractivity contribution in [2.24, 2.45) is 0 Å². The average Bonchev–Trinajstić information content (AvgIpc) is 2.98. The van der Waals surface area contributed by atoms with E-state index in [0.29, 0.717) is 31.8 Å². The van der Waals surface area contributed by atoms with Crippen LogP contribution in [0.2, 0.25) is 0 Å². The summed E-state index contributed by atoms with van der Waals surface area (Å²) in [4.78, 5) is 13.6. The lowest BCUT2D eigenvalue weighted by molar-refractivity contribution is -0.183. The number of furan rings is 1. The number of halogens is 3. The molecule has 0 aliphatic carbocycles. The largest absolute Gasteiger partial charge is 0.451 e. The summed E-state index contributed by atoms with van der Waals surface area (Å²) in [6.07, 6.45) is -4.41. The lowest BCUT2D eigenvalue weighted by Crippen LogP contribution is -2.57. The molecule has 5 nitrogen and oxygen atoms in total. The van der Waals surface area contributed by atoms with Crippen molar-refractivity contribution in [3.63, 3.8) is 0 Å². The molecular weight excluding hydrogens is 335 g/mol. The minimum absolute atomic E-state index is 0.0156. The molecule has 0 bridgehead atoms. The predicted molar refractivity (Wildman–Crippen MR) is 87.6 cm³/mol. The third-order valence-corrected chi connectivity index (χ3v) is 4.32. The zero-order valence-electron chi connectivity index (χ0n) is 13.8. The smallest absolute Gasteiger partial charge is 0.405 e. The van der Waals surface area contributed by atoms with Crippen LogP contribution in [0.1, 0.15) is 16.1 Å². The third-order valence-electron chi connectivity index (χ3n) is 4.32. The number of carbonyl (C=O) groups excluding carboxylic acids is 1. The summed E-state index contributed by atoms with van der Waals surface area (Å²) < 4.78 is 45.4. The van der Waals surface area contributed by atoms with Gasteiger partial charge in [0.1, 0.15) is 11.6 Å². The van der Waals surface area contributed by atoms with Crippen LogP contribution in [0.4, 0.5) is 13.2 Å². The molecule has 0 radical (unpaired) electrons. The molecule has 1 aliphatic heterocycles. The second-order valence-electron chi connectivity index (χ2n) is 6.21. The quantitative estimate of drug-likeness (QED) is 0.884. The van der Waals surface area contributed by atoms with Crippen LogP contribution in [-0.2, 0) is 0 Å². The van der Waals surface area contributed by atoms with Crippen molar-refractivity contribution >= 4 is 16.9 Å². The van der Waals surface area contributed by atoms with Gasteiger partial charge >= 0.3 is 6.18 Å². The van der Waals surface area contributed by atoms with E-state index < -0.39 is 24.7 Å². The van der Waals surface area contributed by atoms with Crippen LogP contribution in [0, 0.1) is 6.92 Å². The van der Waals surface area contributed by atoms with E-state index in [1.165, 1.54) is 4.90 Å². The number of aryl methyl sites for hydroxylation is 1. The van der Waals surface area contributed by atoms with E-state index in [1.807, 2.05) is 19.1 Å². The monoisotopic (exact) mass is 355 g/mol. The molecule has 1 unspecified atom stereocenters. The summed E-state index contributed by atoms with van der Waals surface area (Å²) in [6, 6.07) is 5.28. The molecule has 1 fully saturated rings. The number of nitrogens with zero attached hydrogens (tertiary/aromatic N) is 1. The molecule has 1 aromatic carbocycles. The van der Waals surface area contributed by atoms with E-state index >= 15 is 0 Å². The SMILES string of the molecule is Cc1ccc2oc(C(=O)NCC(N3CCNCC3)C(F)(F)F)cc2c1. The first-order chi connectivity index (χ1) is 11.8. The zero-order chi connectivity index (χ0) is 18.0. The Bertz CT molecular complexity index is 751. The van der Waals surface area contributed by atoms with Gasteiger partial charge in [0.15, 0.2) is 5.76 Å². The van der Waals surface area contributed by atoms with E-state index in [0.717, 1.165) is 10.9 Å². The summed E-state index contributed by atoms with van der Waals surface area (Å²) in [7, 11) is 0. The number of rotatable bonds is 4. The fourth-order valence-electron chi connectivity index (χ4n) is 3.00. The maximum absolute atomic E-state index is 13.3. The third kappa shape index (κ3) is 4.13. The summed E-state index contributed by atoms with van der Waals surface area (Å²) in [5, 5.41) is 6.13. The van der Waals surface area contributed by atoms with E-state index in [4.69, 9.17) is 4.42 Å². The topological polar surface area (TPSA) is 57.5 Å². The van der Waals surface area contributed by atoms with Crippen molar-refractivity contribution < 1.29 is 22.4 Å². The molecule has 1 saturated heterocycles. The molecule has 0 saturated carbocycles. The maximum atomic E-state index is 13.3. The first-order valence-corrected chi connectivity index (χ1v) is 8.14. The summed E-state index contributed by atoms with van der Waals surface area (Å²) >= 11 is 0. The van der Waals surface area contributed by atoms with Gasteiger partial charge < -0.3 is 15.1 Å². The Hall–Kier alpha value is -2.06. The lowest BCUT2D eigenvalue weighted by atomic mass is 10.2. The molecule has 25 heavy (non-hydrogen) atoms. The van der Waals surface area contributed by atoms with Crippen LogP contribution in [-0.4, -0.2) is 55.7 Å². The molecule has 2 heterocycles. The number of hydrogen-bond donors (Lipinski definition) is 2. The molecule has 1 aromatic heterocycles. The first kappa shape index (κ1) is 17.8. The van der Waals surface area contributed by atoms with E-state index in [9.17, 15) is 18.0 Å². The standard InChI is InChI=1S/C17H20F3N3O2/c1-11-2-3-13-12(8-11)9-14(25-13)16(24)22-10-15(17(18,19)20)23-6-4-21-5-7-23/h2-3,8-9,15,21H,4-7,10H2,1H3,(H,22,24). The van der Waals surface area contributed by atoms with E-state index in [2.05, 4.69) is 10.6 Å².